The van der Waals surface area contributed by atoms with Crippen LogP contribution in [-0.2, 0) is 10.8 Å². The Hall–Kier alpha value is -1.56. The SMILES string of the molecule is Cc1c(N)c(C(C)(C)C)nc(C(C)(C)C)c1C#N. The third-order valence-electron chi connectivity index (χ3n) is 3.03. The highest BCUT2D eigenvalue weighted by molar-refractivity contribution is 5.61. The van der Waals surface area contributed by atoms with Crippen LogP contribution < -0.4 is 5.73 Å². The summed E-state index contributed by atoms with van der Waals surface area (Å²) in [6.45, 7) is 14.4. The predicted molar refractivity (Wildman–Crippen MR) is 75.5 cm³/mol. The fourth-order valence-corrected chi connectivity index (χ4v) is 1.97. The van der Waals surface area contributed by atoms with Crippen LogP contribution in [0.3, 0.4) is 0 Å². The first kappa shape index (κ1) is 14.5. The predicted octanol–water partition coefficient (Wildman–Crippen LogP) is 3.44. The molecule has 1 rings (SSSR count). The summed E-state index contributed by atoms with van der Waals surface area (Å²) in [5.74, 6) is 0. The second-order valence-electron chi connectivity index (χ2n) is 6.83. The van der Waals surface area contributed by atoms with E-state index in [2.05, 4.69) is 47.6 Å². The summed E-state index contributed by atoms with van der Waals surface area (Å²) in [7, 11) is 0. The zero-order valence-corrected chi connectivity index (χ0v) is 12.5. The molecule has 1 heterocycles. The first-order valence-corrected chi connectivity index (χ1v) is 6.21. The van der Waals surface area contributed by atoms with Crippen molar-refractivity contribution in [1.29, 1.82) is 5.26 Å². The van der Waals surface area contributed by atoms with Crippen molar-refractivity contribution in [2.45, 2.75) is 59.3 Å². The molecule has 98 valence electrons. The van der Waals surface area contributed by atoms with Crippen molar-refractivity contribution in [3.05, 3.63) is 22.5 Å². The van der Waals surface area contributed by atoms with E-state index in [-0.39, 0.29) is 10.8 Å². The van der Waals surface area contributed by atoms with Gasteiger partial charge in [-0.25, -0.2) is 0 Å². The van der Waals surface area contributed by atoms with Crippen molar-refractivity contribution in [3.63, 3.8) is 0 Å². The van der Waals surface area contributed by atoms with E-state index >= 15 is 0 Å². The van der Waals surface area contributed by atoms with Gasteiger partial charge in [0.05, 0.1) is 22.6 Å². The van der Waals surface area contributed by atoms with Gasteiger partial charge in [-0.15, -0.1) is 0 Å². The number of anilines is 1. The summed E-state index contributed by atoms with van der Waals surface area (Å²) in [6.07, 6.45) is 0. The first-order valence-electron chi connectivity index (χ1n) is 6.21. The molecule has 0 aliphatic carbocycles. The fourth-order valence-electron chi connectivity index (χ4n) is 1.97. The lowest BCUT2D eigenvalue weighted by Gasteiger charge is -2.27. The van der Waals surface area contributed by atoms with Gasteiger partial charge in [0, 0.05) is 10.8 Å². The van der Waals surface area contributed by atoms with Gasteiger partial charge in [0.15, 0.2) is 0 Å². The highest BCUT2D eigenvalue weighted by atomic mass is 14.8. The molecule has 18 heavy (non-hydrogen) atoms. The fraction of sp³-hybridized carbons (Fsp3) is 0.600. The Bertz CT molecular complexity index is 509. The lowest BCUT2D eigenvalue weighted by atomic mass is 9.83. The third kappa shape index (κ3) is 2.48. The molecule has 0 atom stereocenters. The Balaban J connectivity index is 3.75. The number of hydrogen-bond acceptors (Lipinski definition) is 3. The van der Waals surface area contributed by atoms with Gasteiger partial charge in [0.1, 0.15) is 6.07 Å². The Morgan fingerprint density at radius 2 is 1.44 bits per heavy atom. The van der Waals surface area contributed by atoms with Crippen molar-refractivity contribution in [3.8, 4) is 6.07 Å². The number of nitrogens with two attached hydrogens (primary N) is 1. The summed E-state index contributed by atoms with van der Waals surface area (Å²) in [5.41, 5.74) is 9.69. The van der Waals surface area contributed by atoms with Crippen LogP contribution in [0, 0.1) is 18.3 Å². The zero-order chi connectivity index (χ0) is 14.3. The Labute approximate surface area is 110 Å². The van der Waals surface area contributed by atoms with Gasteiger partial charge in [-0.3, -0.25) is 4.98 Å². The molecule has 0 fully saturated rings. The molecule has 2 N–H and O–H groups in total. The number of hydrogen-bond donors (Lipinski definition) is 1. The molecule has 0 amide bonds. The minimum atomic E-state index is -0.163. The van der Waals surface area contributed by atoms with Crippen molar-refractivity contribution >= 4 is 5.69 Å². The van der Waals surface area contributed by atoms with Crippen molar-refractivity contribution in [2.24, 2.45) is 0 Å². The molecular weight excluding hydrogens is 222 g/mol. The summed E-state index contributed by atoms with van der Waals surface area (Å²) in [5, 5.41) is 9.34. The van der Waals surface area contributed by atoms with Crippen LogP contribution in [-0.4, -0.2) is 4.98 Å². The van der Waals surface area contributed by atoms with Gasteiger partial charge in [-0.05, 0) is 12.5 Å². The smallest absolute Gasteiger partial charge is 0.101 e. The molecule has 0 spiro atoms. The normalized spacial score (nSPS) is 12.3. The maximum absolute atomic E-state index is 9.34. The van der Waals surface area contributed by atoms with Crippen LogP contribution in [0.2, 0.25) is 0 Å². The van der Waals surface area contributed by atoms with E-state index in [0.29, 0.717) is 11.3 Å². The second-order valence-corrected chi connectivity index (χ2v) is 6.83. The number of nitrogen functional groups attached to an aromatic ring is 1. The van der Waals surface area contributed by atoms with E-state index in [1.54, 1.807) is 0 Å². The molecule has 0 radical (unpaired) electrons. The summed E-state index contributed by atoms with van der Waals surface area (Å²) >= 11 is 0. The maximum Gasteiger partial charge on any atom is 0.101 e. The monoisotopic (exact) mass is 245 g/mol. The highest BCUT2D eigenvalue weighted by Crippen LogP contribution is 2.34. The molecule has 1 aromatic rings. The van der Waals surface area contributed by atoms with Gasteiger partial charge in [-0.1, -0.05) is 41.5 Å². The molecule has 3 heteroatoms. The quantitative estimate of drug-likeness (QED) is 0.761. The maximum atomic E-state index is 9.34. The summed E-state index contributed by atoms with van der Waals surface area (Å²) in [6, 6.07) is 2.25. The number of nitrogens with zero attached hydrogens (tertiary/aromatic N) is 2. The Kier molecular flexibility index (Phi) is 3.44. The largest absolute Gasteiger partial charge is 0.397 e. The minimum absolute atomic E-state index is 0.122. The van der Waals surface area contributed by atoms with Crippen LogP contribution in [0.5, 0.6) is 0 Å². The van der Waals surface area contributed by atoms with Gasteiger partial charge in [-0.2, -0.15) is 5.26 Å². The van der Waals surface area contributed by atoms with Gasteiger partial charge >= 0.3 is 0 Å². The van der Waals surface area contributed by atoms with E-state index in [4.69, 9.17) is 10.7 Å². The van der Waals surface area contributed by atoms with E-state index in [9.17, 15) is 5.26 Å². The molecule has 0 aliphatic heterocycles. The number of nitriles is 1. The average molecular weight is 245 g/mol. The molecule has 1 aromatic heterocycles. The van der Waals surface area contributed by atoms with E-state index in [0.717, 1.165) is 17.0 Å². The van der Waals surface area contributed by atoms with Crippen LogP contribution in [0.4, 0.5) is 5.69 Å². The van der Waals surface area contributed by atoms with Crippen molar-refractivity contribution in [1.82, 2.24) is 4.98 Å². The average Bonchev–Trinajstić information content (AvgIpc) is 2.17. The van der Waals surface area contributed by atoms with Gasteiger partial charge in [0.25, 0.3) is 0 Å². The Morgan fingerprint density at radius 3 is 1.78 bits per heavy atom. The Morgan fingerprint density at radius 1 is 1.00 bits per heavy atom. The second kappa shape index (κ2) is 4.28. The topological polar surface area (TPSA) is 62.7 Å². The van der Waals surface area contributed by atoms with Gasteiger partial charge in [0.2, 0.25) is 0 Å². The van der Waals surface area contributed by atoms with Gasteiger partial charge < -0.3 is 5.73 Å². The minimum Gasteiger partial charge on any atom is -0.397 e. The molecule has 0 saturated carbocycles. The van der Waals surface area contributed by atoms with Crippen molar-refractivity contribution in [2.75, 3.05) is 5.73 Å². The number of aromatic nitrogens is 1. The van der Waals surface area contributed by atoms with Crippen molar-refractivity contribution < 1.29 is 0 Å². The van der Waals surface area contributed by atoms with Crippen LogP contribution in [0.15, 0.2) is 0 Å². The summed E-state index contributed by atoms with van der Waals surface area (Å²) < 4.78 is 0. The first-order chi connectivity index (χ1) is 8.00. The highest BCUT2D eigenvalue weighted by Gasteiger charge is 2.28. The molecule has 3 nitrogen and oxygen atoms in total. The molecule has 0 bridgehead atoms. The van der Waals surface area contributed by atoms with Crippen LogP contribution in [0.25, 0.3) is 0 Å². The third-order valence-corrected chi connectivity index (χ3v) is 3.03. The molecule has 0 saturated heterocycles. The standard InChI is InChI=1S/C15H23N3/c1-9-10(8-16)12(14(2,3)4)18-13(11(9)17)15(5,6)7/h17H2,1-7H3. The van der Waals surface area contributed by atoms with E-state index in [1.807, 2.05) is 6.92 Å². The van der Waals surface area contributed by atoms with Crippen LogP contribution in [0.1, 0.15) is 64.1 Å². The lowest BCUT2D eigenvalue weighted by molar-refractivity contribution is 0.530. The summed E-state index contributed by atoms with van der Waals surface area (Å²) in [4.78, 5) is 4.70. The lowest BCUT2D eigenvalue weighted by Crippen LogP contribution is -2.24. The molecule has 0 aromatic carbocycles. The van der Waals surface area contributed by atoms with E-state index < -0.39 is 0 Å². The van der Waals surface area contributed by atoms with E-state index in [1.165, 1.54) is 0 Å². The molecule has 0 unspecified atom stereocenters. The van der Waals surface area contributed by atoms with Crippen LogP contribution >= 0.6 is 0 Å². The molecule has 0 aliphatic rings. The molecular formula is C15H23N3. The zero-order valence-electron chi connectivity index (χ0n) is 12.5. The number of rotatable bonds is 0. The number of pyridine rings is 1.